The highest BCUT2D eigenvalue weighted by atomic mass is 16.5. The largest absolute Gasteiger partial charge is 0.496 e. The zero-order valence-corrected chi connectivity index (χ0v) is 14.4. The van der Waals surface area contributed by atoms with E-state index in [2.05, 4.69) is 17.1 Å². The Kier molecular flexibility index (Phi) is 4.83. The van der Waals surface area contributed by atoms with Crippen molar-refractivity contribution in [3.05, 3.63) is 41.6 Å². The summed E-state index contributed by atoms with van der Waals surface area (Å²) in [6.45, 7) is 3.82. The van der Waals surface area contributed by atoms with E-state index in [1.807, 2.05) is 29.2 Å². The van der Waals surface area contributed by atoms with E-state index in [1.165, 1.54) is 0 Å². The van der Waals surface area contributed by atoms with E-state index >= 15 is 0 Å². The van der Waals surface area contributed by atoms with Gasteiger partial charge in [0.2, 0.25) is 17.7 Å². The normalized spacial score (nSPS) is 20.9. The molecule has 0 bridgehead atoms. The Hall–Kier alpha value is -2.37. The number of nitrogens with zero attached hydrogens (tertiary/aromatic N) is 3. The summed E-state index contributed by atoms with van der Waals surface area (Å²) in [6, 6.07) is 8.10. The van der Waals surface area contributed by atoms with Gasteiger partial charge in [0.05, 0.1) is 13.2 Å². The van der Waals surface area contributed by atoms with Crippen LogP contribution in [-0.4, -0.2) is 34.2 Å². The van der Waals surface area contributed by atoms with Crippen LogP contribution >= 0.6 is 0 Å². The van der Waals surface area contributed by atoms with E-state index in [1.54, 1.807) is 14.0 Å². The van der Waals surface area contributed by atoms with Crippen LogP contribution in [0.4, 0.5) is 0 Å². The van der Waals surface area contributed by atoms with Crippen molar-refractivity contribution in [3.8, 4) is 5.75 Å². The maximum atomic E-state index is 12.9. The second-order valence-electron chi connectivity index (χ2n) is 6.23. The van der Waals surface area contributed by atoms with Crippen molar-refractivity contribution >= 4 is 5.91 Å². The number of amides is 1. The first kappa shape index (κ1) is 16.5. The molecule has 0 spiro atoms. The first-order valence-corrected chi connectivity index (χ1v) is 8.33. The van der Waals surface area contributed by atoms with Gasteiger partial charge in [-0.2, -0.15) is 0 Å². The number of piperidine rings is 1. The van der Waals surface area contributed by atoms with Crippen LogP contribution in [0.15, 0.2) is 28.7 Å². The third-order valence-electron chi connectivity index (χ3n) is 4.57. The molecule has 2 atom stereocenters. The van der Waals surface area contributed by atoms with Gasteiger partial charge in [0.15, 0.2) is 0 Å². The maximum absolute atomic E-state index is 12.9. The number of aryl methyl sites for hydroxylation is 1. The van der Waals surface area contributed by atoms with E-state index in [-0.39, 0.29) is 24.4 Å². The molecule has 6 nitrogen and oxygen atoms in total. The summed E-state index contributed by atoms with van der Waals surface area (Å²) in [4.78, 5) is 14.9. The summed E-state index contributed by atoms with van der Waals surface area (Å²) in [5.74, 6) is 1.68. The van der Waals surface area contributed by atoms with Crippen molar-refractivity contribution in [2.75, 3.05) is 7.11 Å². The van der Waals surface area contributed by atoms with E-state index < -0.39 is 0 Å². The number of para-hydroxylation sites is 1. The molecule has 1 aliphatic rings. The number of hydrogen-bond acceptors (Lipinski definition) is 5. The number of carbonyl (C=O) groups is 1. The minimum absolute atomic E-state index is 0.0152. The molecular formula is C18H23N3O3. The van der Waals surface area contributed by atoms with Gasteiger partial charge in [-0.3, -0.25) is 4.79 Å². The SMILES string of the molecule is COc1ccccc1[C@H]1CCC[C@@H](C)N1C(=O)Cc1nnc(C)o1. The second kappa shape index (κ2) is 7.03. The Morgan fingerprint density at radius 1 is 1.33 bits per heavy atom. The lowest BCUT2D eigenvalue weighted by molar-refractivity contribution is -0.137. The van der Waals surface area contributed by atoms with Crippen LogP contribution in [-0.2, 0) is 11.2 Å². The molecule has 1 saturated heterocycles. The molecule has 0 unspecified atom stereocenters. The number of methoxy groups -OCH3 is 1. The summed E-state index contributed by atoms with van der Waals surface area (Å²) in [5, 5.41) is 7.75. The smallest absolute Gasteiger partial charge is 0.232 e. The fraction of sp³-hybridized carbons (Fsp3) is 0.500. The minimum Gasteiger partial charge on any atom is -0.496 e. The van der Waals surface area contributed by atoms with Gasteiger partial charge in [-0.15, -0.1) is 10.2 Å². The average Bonchev–Trinajstić information content (AvgIpc) is 2.99. The van der Waals surface area contributed by atoms with Crippen LogP contribution in [0.25, 0.3) is 0 Å². The summed E-state index contributed by atoms with van der Waals surface area (Å²) in [6.07, 6.45) is 3.16. The fourth-order valence-electron chi connectivity index (χ4n) is 3.49. The quantitative estimate of drug-likeness (QED) is 0.862. The molecular weight excluding hydrogens is 306 g/mol. The van der Waals surface area contributed by atoms with Gasteiger partial charge >= 0.3 is 0 Å². The van der Waals surface area contributed by atoms with Gasteiger partial charge in [-0.1, -0.05) is 18.2 Å². The van der Waals surface area contributed by atoms with Crippen molar-refractivity contribution in [2.24, 2.45) is 0 Å². The van der Waals surface area contributed by atoms with Crippen LogP contribution in [0.1, 0.15) is 49.6 Å². The van der Waals surface area contributed by atoms with Crippen molar-refractivity contribution in [2.45, 2.75) is 51.6 Å². The number of benzene rings is 1. The van der Waals surface area contributed by atoms with Gasteiger partial charge in [0.25, 0.3) is 0 Å². The Labute approximate surface area is 141 Å². The highest BCUT2D eigenvalue weighted by molar-refractivity contribution is 5.79. The van der Waals surface area contributed by atoms with Crippen molar-refractivity contribution in [3.63, 3.8) is 0 Å². The summed E-state index contributed by atoms with van der Waals surface area (Å²) in [7, 11) is 1.67. The van der Waals surface area contributed by atoms with Gasteiger partial charge in [0, 0.05) is 18.5 Å². The molecule has 24 heavy (non-hydrogen) atoms. The second-order valence-corrected chi connectivity index (χ2v) is 6.23. The van der Waals surface area contributed by atoms with Crippen LogP contribution in [0.5, 0.6) is 5.75 Å². The lowest BCUT2D eigenvalue weighted by atomic mass is 9.90. The Morgan fingerprint density at radius 3 is 2.83 bits per heavy atom. The number of likely N-dealkylation sites (tertiary alicyclic amines) is 1. The van der Waals surface area contributed by atoms with E-state index in [0.717, 1.165) is 30.6 Å². The van der Waals surface area contributed by atoms with Gasteiger partial charge in [-0.05, 0) is 32.3 Å². The number of ether oxygens (including phenoxy) is 1. The average molecular weight is 329 g/mol. The molecule has 1 aromatic heterocycles. The first-order valence-electron chi connectivity index (χ1n) is 8.33. The topological polar surface area (TPSA) is 68.5 Å². The molecule has 1 amide bonds. The lowest BCUT2D eigenvalue weighted by Crippen LogP contribution is -2.45. The van der Waals surface area contributed by atoms with Gasteiger partial charge in [0.1, 0.15) is 12.2 Å². The zero-order valence-electron chi connectivity index (χ0n) is 14.4. The summed E-state index contributed by atoms with van der Waals surface area (Å²) < 4.78 is 10.9. The summed E-state index contributed by atoms with van der Waals surface area (Å²) in [5.41, 5.74) is 1.06. The van der Waals surface area contributed by atoms with Crippen molar-refractivity contribution < 1.29 is 13.9 Å². The standard InChI is InChI=1S/C18H23N3O3/c1-12-7-6-9-15(14-8-4-5-10-16(14)23-3)21(12)18(22)11-17-20-19-13(2)24-17/h4-5,8,10,12,15H,6-7,9,11H2,1-3H3/t12-,15-/m1/s1. The number of aromatic nitrogens is 2. The fourth-order valence-corrected chi connectivity index (χ4v) is 3.49. The van der Waals surface area contributed by atoms with E-state index in [9.17, 15) is 4.79 Å². The molecule has 1 aromatic carbocycles. The molecule has 0 saturated carbocycles. The van der Waals surface area contributed by atoms with Crippen LogP contribution in [0.3, 0.4) is 0 Å². The van der Waals surface area contributed by atoms with E-state index in [0.29, 0.717) is 11.8 Å². The Balaban J connectivity index is 1.87. The number of rotatable bonds is 4. The third-order valence-corrected chi connectivity index (χ3v) is 4.57. The molecule has 0 aliphatic carbocycles. The highest BCUT2D eigenvalue weighted by Gasteiger charge is 2.34. The monoisotopic (exact) mass is 329 g/mol. The number of hydrogen-bond donors (Lipinski definition) is 0. The van der Waals surface area contributed by atoms with Gasteiger partial charge in [-0.25, -0.2) is 0 Å². The molecule has 3 rings (SSSR count). The van der Waals surface area contributed by atoms with Crippen molar-refractivity contribution in [1.29, 1.82) is 0 Å². The van der Waals surface area contributed by atoms with Crippen LogP contribution < -0.4 is 4.74 Å². The molecule has 0 N–H and O–H groups in total. The number of carbonyl (C=O) groups excluding carboxylic acids is 1. The highest BCUT2D eigenvalue weighted by Crippen LogP contribution is 2.38. The Morgan fingerprint density at radius 2 is 2.12 bits per heavy atom. The first-order chi connectivity index (χ1) is 11.6. The van der Waals surface area contributed by atoms with E-state index in [4.69, 9.17) is 9.15 Å². The molecule has 128 valence electrons. The predicted molar refractivity (Wildman–Crippen MR) is 88.6 cm³/mol. The van der Waals surface area contributed by atoms with Crippen LogP contribution in [0.2, 0.25) is 0 Å². The molecule has 1 aliphatic heterocycles. The van der Waals surface area contributed by atoms with Gasteiger partial charge < -0.3 is 14.1 Å². The molecule has 6 heteroatoms. The zero-order chi connectivity index (χ0) is 17.1. The minimum atomic E-state index is 0.0152. The lowest BCUT2D eigenvalue weighted by Gasteiger charge is -2.41. The summed E-state index contributed by atoms with van der Waals surface area (Å²) >= 11 is 0. The third kappa shape index (κ3) is 3.27. The molecule has 2 aromatic rings. The molecule has 0 radical (unpaired) electrons. The van der Waals surface area contributed by atoms with Crippen LogP contribution in [0, 0.1) is 6.92 Å². The Bertz CT molecular complexity index is 713. The molecule has 2 heterocycles. The molecule has 1 fully saturated rings. The predicted octanol–water partition coefficient (Wildman–Crippen LogP) is 3.07. The maximum Gasteiger partial charge on any atom is 0.232 e. The van der Waals surface area contributed by atoms with Crippen molar-refractivity contribution in [1.82, 2.24) is 15.1 Å².